The van der Waals surface area contributed by atoms with Crippen LogP contribution in [0.3, 0.4) is 0 Å². The third-order valence-corrected chi connectivity index (χ3v) is 9.36. The number of unbranched alkanes of at least 4 members (excludes halogenated alkanes) is 16. The average molecular weight is 662 g/mol. The molecule has 1 saturated carbocycles. The summed E-state index contributed by atoms with van der Waals surface area (Å²) < 4.78 is 32.6. The van der Waals surface area contributed by atoms with Crippen LogP contribution in [0.5, 0.6) is 0 Å². The molecular formula is C35H68NO8P. The van der Waals surface area contributed by atoms with Gasteiger partial charge in [0.15, 0.2) is 6.10 Å². The molecule has 1 rings (SSSR count). The van der Waals surface area contributed by atoms with Gasteiger partial charge in [0.05, 0.1) is 13.2 Å². The average Bonchev–Trinajstić information content (AvgIpc) is 3.83. The van der Waals surface area contributed by atoms with Gasteiger partial charge in [0, 0.05) is 19.4 Å². The largest absolute Gasteiger partial charge is 0.472 e. The lowest BCUT2D eigenvalue weighted by molar-refractivity contribution is -0.161. The predicted molar refractivity (Wildman–Crippen MR) is 181 cm³/mol. The summed E-state index contributed by atoms with van der Waals surface area (Å²) in [6.07, 6.45) is 26.1. The molecule has 10 heteroatoms. The highest BCUT2D eigenvalue weighted by atomic mass is 31.2. The van der Waals surface area contributed by atoms with Gasteiger partial charge in [0.1, 0.15) is 6.61 Å². The molecule has 0 bridgehead atoms. The van der Waals surface area contributed by atoms with Gasteiger partial charge in [-0.3, -0.25) is 18.6 Å². The summed E-state index contributed by atoms with van der Waals surface area (Å²) in [6, 6.07) is 0. The highest BCUT2D eigenvalue weighted by Gasteiger charge is 2.26. The number of esters is 2. The van der Waals surface area contributed by atoms with Gasteiger partial charge < -0.3 is 20.1 Å². The van der Waals surface area contributed by atoms with Crippen LogP contribution < -0.4 is 5.73 Å². The van der Waals surface area contributed by atoms with Crippen molar-refractivity contribution in [3.63, 3.8) is 0 Å². The molecule has 0 aromatic rings. The summed E-state index contributed by atoms with van der Waals surface area (Å²) in [4.78, 5) is 34.6. The Morgan fingerprint density at radius 1 is 0.711 bits per heavy atom. The number of phosphoric ester groups is 1. The number of carbonyl (C=O) groups excluding carboxylic acids is 2. The van der Waals surface area contributed by atoms with Crippen LogP contribution in [0.4, 0.5) is 0 Å². The maximum atomic E-state index is 12.5. The minimum atomic E-state index is -4.36. The van der Waals surface area contributed by atoms with Gasteiger partial charge in [0.25, 0.3) is 0 Å². The van der Waals surface area contributed by atoms with Gasteiger partial charge in [-0.15, -0.1) is 0 Å². The fourth-order valence-corrected chi connectivity index (χ4v) is 6.17. The zero-order chi connectivity index (χ0) is 33.0. The first-order chi connectivity index (χ1) is 21.7. The van der Waals surface area contributed by atoms with Crippen LogP contribution in [0.1, 0.15) is 168 Å². The second-order valence-corrected chi connectivity index (χ2v) is 14.9. The number of hydrogen-bond acceptors (Lipinski definition) is 8. The molecule has 266 valence electrons. The summed E-state index contributed by atoms with van der Waals surface area (Å²) in [6.45, 7) is 3.80. The highest BCUT2D eigenvalue weighted by Crippen LogP contribution is 2.43. The van der Waals surface area contributed by atoms with Crippen molar-refractivity contribution in [1.82, 2.24) is 0 Å². The monoisotopic (exact) mass is 661 g/mol. The first-order valence-corrected chi connectivity index (χ1v) is 19.9. The molecule has 3 N–H and O–H groups in total. The third kappa shape index (κ3) is 28.9. The second kappa shape index (κ2) is 28.1. The van der Waals surface area contributed by atoms with Gasteiger partial charge in [-0.25, -0.2) is 4.57 Å². The summed E-state index contributed by atoms with van der Waals surface area (Å²) in [5.74, 6) is 1.01. The van der Waals surface area contributed by atoms with Crippen molar-refractivity contribution < 1.29 is 37.6 Å². The van der Waals surface area contributed by atoms with E-state index in [1.807, 2.05) is 0 Å². The molecule has 0 aliphatic heterocycles. The van der Waals surface area contributed by atoms with Crippen molar-refractivity contribution in [3.8, 4) is 0 Å². The number of ether oxygens (including phenoxy) is 2. The van der Waals surface area contributed by atoms with Crippen molar-refractivity contribution >= 4 is 19.8 Å². The van der Waals surface area contributed by atoms with Gasteiger partial charge in [-0.05, 0) is 24.7 Å². The maximum Gasteiger partial charge on any atom is 0.472 e. The van der Waals surface area contributed by atoms with Crippen LogP contribution in [-0.2, 0) is 32.7 Å². The number of hydrogen-bond donors (Lipinski definition) is 2. The molecular weight excluding hydrogens is 593 g/mol. The van der Waals surface area contributed by atoms with E-state index in [2.05, 4.69) is 13.8 Å². The molecule has 9 nitrogen and oxygen atoms in total. The van der Waals surface area contributed by atoms with E-state index in [1.54, 1.807) is 0 Å². The Morgan fingerprint density at radius 3 is 1.71 bits per heavy atom. The van der Waals surface area contributed by atoms with E-state index < -0.39 is 26.5 Å². The predicted octanol–water partition coefficient (Wildman–Crippen LogP) is 9.18. The Kier molecular flexibility index (Phi) is 26.2. The van der Waals surface area contributed by atoms with Gasteiger partial charge in [-0.1, -0.05) is 142 Å². The first-order valence-electron chi connectivity index (χ1n) is 18.4. The minimum Gasteiger partial charge on any atom is -0.462 e. The topological polar surface area (TPSA) is 134 Å². The quantitative estimate of drug-likeness (QED) is 0.0401. The SMILES string of the molecule is CC(C)CCCCCCCCCCCC(=O)OC[C@@H](COP(=O)(O)OCCN)OC(=O)CCCCCCCCCCCC1CC1. The lowest BCUT2D eigenvalue weighted by Gasteiger charge is -2.19. The van der Waals surface area contributed by atoms with E-state index in [1.165, 1.54) is 103 Å². The third-order valence-electron chi connectivity index (χ3n) is 8.38. The molecule has 1 aliphatic rings. The molecule has 0 heterocycles. The second-order valence-electron chi connectivity index (χ2n) is 13.5. The molecule has 1 aliphatic carbocycles. The van der Waals surface area contributed by atoms with E-state index in [4.69, 9.17) is 24.3 Å². The summed E-state index contributed by atoms with van der Waals surface area (Å²) in [5, 5.41) is 0. The Hall–Kier alpha value is -0.990. The van der Waals surface area contributed by atoms with E-state index >= 15 is 0 Å². The molecule has 2 atom stereocenters. The van der Waals surface area contributed by atoms with Crippen LogP contribution in [-0.4, -0.2) is 49.3 Å². The zero-order valence-corrected chi connectivity index (χ0v) is 29.8. The molecule has 0 amide bonds. The van der Waals surface area contributed by atoms with E-state index in [0.717, 1.165) is 43.9 Å². The standard InChI is InChI=1S/C35H68NO8P/c1-31(2)21-17-13-9-5-3-7-11-15-19-23-34(37)41-29-33(30-43-45(39,40)42-28-27-36)44-35(38)24-20-16-12-8-4-6-10-14-18-22-32-25-26-32/h31-33H,3-30,36H2,1-2H3,(H,39,40)/t33-/m0/s1. The maximum absolute atomic E-state index is 12.5. The summed E-state index contributed by atoms with van der Waals surface area (Å²) >= 11 is 0. The van der Waals surface area contributed by atoms with Crippen molar-refractivity contribution in [3.05, 3.63) is 0 Å². The van der Waals surface area contributed by atoms with Crippen molar-refractivity contribution in [1.29, 1.82) is 0 Å². The van der Waals surface area contributed by atoms with Crippen LogP contribution in [0, 0.1) is 11.8 Å². The smallest absolute Gasteiger partial charge is 0.462 e. The summed E-state index contributed by atoms with van der Waals surface area (Å²) in [5.41, 5.74) is 5.32. The van der Waals surface area contributed by atoms with E-state index in [-0.39, 0.29) is 38.6 Å². The Balaban J connectivity index is 2.20. The van der Waals surface area contributed by atoms with Crippen LogP contribution >= 0.6 is 7.82 Å². The number of carbonyl (C=O) groups is 2. The Morgan fingerprint density at radius 2 is 1.20 bits per heavy atom. The first kappa shape index (κ1) is 42.0. The Labute approximate surface area is 275 Å². The fourth-order valence-electron chi connectivity index (χ4n) is 5.41. The number of nitrogens with two attached hydrogens (primary N) is 1. The Bertz CT molecular complexity index is 777. The molecule has 1 unspecified atom stereocenters. The van der Waals surface area contributed by atoms with Crippen molar-refractivity contribution in [2.45, 2.75) is 174 Å². The van der Waals surface area contributed by atoms with Crippen molar-refractivity contribution in [2.75, 3.05) is 26.4 Å². The fraction of sp³-hybridized carbons (Fsp3) is 0.943. The lowest BCUT2D eigenvalue weighted by atomic mass is 10.0. The highest BCUT2D eigenvalue weighted by molar-refractivity contribution is 7.47. The summed E-state index contributed by atoms with van der Waals surface area (Å²) in [7, 11) is -4.36. The molecule has 1 fully saturated rings. The van der Waals surface area contributed by atoms with E-state index in [9.17, 15) is 19.0 Å². The van der Waals surface area contributed by atoms with E-state index in [0.29, 0.717) is 6.42 Å². The molecule has 0 spiro atoms. The minimum absolute atomic E-state index is 0.0583. The molecule has 45 heavy (non-hydrogen) atoms. The zero-order valence-electron chi connectivity index (χ0n) is 28.9. The van der Waals surface area contributed by atoms with Crippen LogP contribution in [0.15, 0.2) is 0 Å². The molecule has 0 aromatic heterocycles. The lowest BCUT2D eigenvalue weighted by Crippen LogP contribution is -2.29. The number of rotatable bonds is 33. The number of phosphoric acid groups is 1. The van der Waals surface area contributed by atoms with Crippen LogP contribution in [0.2, 0.25) is 0 Å². The van der Waals surface area contributed by atoms with Gasteiger partial charge in [0.2, 0.25) is 0 Å². The van der Waals surface area contributed by atoms with Gasteiger partial charge in [-0.2, -0.15) is 0 Å². The van der Waals surface area contributed by atoms with Crippen molar-refractivity contribution in [2.24, 2.45) is 17.6 Å². The molecule has 0 radical (unpaired) electrons. The van der Waals surface area contributed by atoms with Crippen LogP contribution in [0.25, 0.3) is 0 Å². The normalized spacial score (nSPS) is 15.2. The molecule has 0 aromatic carbocycles. The molecule has 0 saturated heterocycles. The van der Waals surface area contributed by atoms with Gasteiger partial charge >= 0.3 is 19.8 Å².